The minimum Gasteiger partial charge on any atom is -0.443 e. The molecule has 0 unspecified atom stereocenters. The minimum absolute atomic E-state index is 0.335. The molecule has 0 rings (SSSR count). The van der Waals surface area contributed by atoms with Crippen LogP contribution in [0.4, 0.5) is 9.59 Å². The normalized spacial score (nSPS) is 12.0. The van der Waals surface area contributed by atoms with Gasteiger partial charge in [0, 0.05) is 6.54 Å². The second-order valence-corrected chi connectivity index (χ2v) is 8.23. The van der Waals surface area contributed by atoms with Crippen molar-refractivity contribution in [2.75, 3.05) is 6.54 Å². The van der Waals surface area contributed by atoms with E-state index in [4.69, 9.17) is 9.47 Å². The van der Waals surface area contributed by atoms with E-state index in [9.17, 15) is 9.59 Å². The third-order valence-corrected chi connectivity index (χ3v) is 4.03. The molecule has 0 saturated heterocycles. The Morgan fingerprint density at radius 1 is 0.760 bits per heavy atom. The average Bonchev–Trinajstić information content (AvgIpc) is 2.47. The first-order valence-electron chi connectivity index (χ1n) is 9.76. The van der Waals surface area contributed by atoms with E-state index in [0.29, 0.717) is 13.0 Å². The Labute approximate surface area is 154 Å². The van der Waals surface area contributed by atoms with Gasteiger partial charge in [-0.3, -0.25) is 0 Å². The van der Waals surface area contributed by atoms with E-state index < -0.39 is 23.4 Å². The molecule has 0 radical (unpaired) electrons. The molecule has 0 bridgehead atoms. The second-order valence-electron chi connectivity index (χ2n) is 8.23. The summed E-state index contributed by atoms with van der Waals surface area (Å²) in [6, 6.07) is 0. The van der Waals surface area contributed by atoms with Gasteiger partial charge in [0.15, 0.2) is 0 Å². The van der Waals surface area contributed by atoms with Gasteiger partial charge in [0.1, 0.15) is 11.2 Å². The van der Waals surface area contributed by atoms with Crippen LogP contribution in [-0.2, 0) is 9.47 Å². The van der Waals surface area contributed by atoms with Gasteiger partial charge in [-0.25, -0.2) is 14.5 Å². The van der Waals surface area contributed by atoms with Gasteiger partial charge < -0.3 is 9.47 Å². The van der Waals surface area contributed by atoms with Crippen LogP contribution in [0.3, 0.4) is 0 Å². The Balaban J connectivity index is 4.63. The third-order valence-electron chi connectivity index (χ3n) is 4.03. The number of ether oxygens (including phenoxy) is 2. The predicted molar refractivity (Wildman–Crippen MR) is 102 cm³/mol. The van der Waals surface area contributed by atoms with Gasteiger partial charge in [-0.05, 0) is 47.5 Å². The van der Waals surface area contributed by atoms with Gasteiger partial charge in [0.25, 0.3) is 0 Å². The first-order chi connectivity index (χ1) is 11.5. The fourth-order valence-electron chi connectivity index (χ4n) is 2.16. The van der Waals surface area contributed by atoms with E-state index in [0.717, 1.165) is 24.2 Å². The van der Waals surface area contributed by atoms with Crippen molar-refractivity contribution in [2.24, 2.45) is 0 Å². The zero-order valence-corrected chi connectivity index (χ0v) is 17.4. The molecule has 5 nitrogen and oxygen atoms in total. The summed E-state index contributed by atoms with van der Waals surface area (Å²) in [6.45, 7) is 13.5. The maximum atomic E-state index is 12.5. The summed E-state index contributed by atoms with van der Waals surface area (Å²) < 4.78 is 10.8. The molecule has 0 N–H and O–H groups in total. The molecule has 148 valence electrons. The molecule has 0 spiro atoms. The number of carbonyl (C=O) groups is 2. The molecule has 5 heteroatoms. The SMILES string of the molecule is CCCCCCCCCN(C(=O)OC(C)(C)C)C(=O)OC(C)(C)CC. The first kappa shape index (κ1) is 23.7. The van der Waals surface area contributed by atoms with Crippen molar-refractivity contribution in [3.8, 4) is 0 Å². The molecule has 0 aromatic heterocycles. The van der Waals surface area contributed by atoms with Crippen molar-refractivity contribution in [1.29, 1.82) is 0 Å². The lowest BCUT2D eigenvalue weighted by Gasteiger charge is -2.29. The second kappa shape index (κ2) is 11.4. The summed E-state index contributed by atoms with van der Waals surface area (Å²) in [4.78, 5) is 25.9. The summed E-state index contributed by atoms with van der Waals surface area (Å²) in [7, 11) is 0. The van der Waals surface area contributed by atoms with Crippen LogP contribution in [0.2, 0.25) is 0 Å². The lowest BCUT2D eigenvalue weighted by molar-refractivity contribution is -0.00583. The van der Waals surface area contributed by atoms with Crippen LogP contribution in [-0.4, -0.2) is 34.8 Å². The van der Waals surface area contributed by atoms with Crippen molar-refractivity contribution in [1.82, 2.24) is 4.90 Å². The fourth-order valence-corrected chi connectivity index (χ4v) is 2.16. The number of hydrogen-bond acceptors (Lipinski definition) is 4. The van der Waals surface area contributed by atoms with Crippen LogP contribution in [0.15, 0.2) is 0 Å². The fraction of sp³-hybridized carbons (Fsp3) is 0.900. The van der Waals surface area contributed by atoms with Crippen molar-refractivity contribution >= 4 is 12.2 Å². The quantitative estimate of drug-likeness (QED) is 0.430. The topological polar surface area (TPSA) is 55.8 Å². The molecule has 0 aromatic carbocycles. The Morgan fingerprint density at radius 2 is 1.24 bits per heavy atom. The Kier molecular flexibility index (Phi) is 10.8. The molecule has 0 aliphatic rings. The molecular formula is C20H39NO4. The molecule has 0 aromatic rings. The van der Waals surface area contributed by atoms with Crippen LogP contribution in [0.5, 0.6) is 0 Å². The number of unbranched alkanes of at least 4 members (excludes halogenated alkanes) is 6. The number of amides is 2. The summed E-state index contributed by atoms with van der Waals surface area (Å²) >= 11 is 0. The maximum absolute atomic E-state index is 12.5. The summed E-state index contributed by atoms with van der Waals surface area (Å²) in [5, 5.41) is 0. The molecule has 0 saturated carbocycles. The highest BCUT2D eigenvalue weighted by atomic mass is 16.6. The Morgan fingerprint density at radius 3 is 1.72 bits per heavy atom. The van der Waals surface area contributed by atoms with E-state index >= 15 is 0 Å². The number of imide groups is 1. The monoisotopic (exact) mass is 357 g/mol. The molecule has 0 atom stereocenters. The van der Waals surface area contributed by atoms with Crippen LogP contribution >= 0.6 is 0 Å². The van der Waals surface area contributed by atoms with Crippen molar-refractivity contribution in [3.05, 3.63) is 0 Å². The molecule has 0 fully saturated rings. The molecular weight excluding hydrogens is 318 g/mol. The molecule has 0 aliphatic carbocycles. The Bertz CT molecular complexity index is 399. The number of rotatable bonds is 10. The highest BCUT2D eigenvalue weighted by molar-refractivity contribution is 5.88. The summed E-state index contributed by atoms with van der Waals surface area (Å²) in [5.74, 6) is 0. The van der Waals surface area contributed by atoms with Gasteiger partial charge in [-0.2, -0.15) is 0 Å². The Hall–Kier alpha value is -1.26. The van der Waals surface area contributed by atoms with E-state index in [2.05, 4.69) is 6.92 Å². The van der Waals surface area contributed by atoms with Gasteiger partial charge in [-0.15, -0.1) is 0 Å². The molecule has 0 aliphatic heterocycles. The van der Waals surface area contributed by atoms with Crippen molar-refractivity contribution in [2.45, 2.75) is 111 Å². The van der Waals surface area contributed by atoms with E-state index in [1.807, 2.05) is 20.8 Å². The standard InChI is InChI=1S/C20H39NO4/c1-8-10-11-12-13-14-15-16-21(17(22)24-19(3,4)5)18(23)25-20(6,7)9-2/h8-16H2,1-7H3. The van der Waals surface area contributed by atoms with E-state index in [-0.39, 0.29) is 0 Å². The molecule has 25 heavy (non-hydrogen) atoms. The van der Waals surface area contributed by atoms with Crippen molar-refractivity contribution in [3.63, 3.8) is 0 Å². The zero-order valence-electron chi connectivity index (χ0n) is 17.4. The smallest absolute Gasteiger partial charge is 0.419 e. The summed E-state index contributed by atoms with van der Waals surface area (Å²) in [5.41, 5.74) is -1.24. The zero-order chi connectivity index (χ0) is 19.5. The van der Waals surface area contributed by atoms with E-state index in [1.54, 1.807) is 20.8 Å². The average molecular weight is 358 g/mol. The lowest BCUT2D eigenvalue weighted by Crippen LogP contribution is -2.44. The largest absolute Gasteiger partial charge is 0.443 e. The maximum Gasteiger partial charge on any atom is 0.419 e. The lowest BCUT2D eigenvalue weighted by atomic mass is 10.1. The molecule has 0 heterocycles. The highest BCUT2D eigenvalue weighted by Crippen LogP contribution is 2.18. The predicted octanol–water partition coefficient (Wildman–Crippen LogP) is 6.30. The van der Waals surface area contributed by atoms with Crippen molar-refractivity contribution < 1.29 is 19.1 Å². The number of hydrogen-bond donors (Lipinski definition) is 0. The van der Waals surface area contributed by atoms with Crippen LogP contribution in [0.1, 0.15) is 99.8 Å². The van der Waals surface area contributed by atoms with Gasteiger partial charge in [0.2, 0.25) is 0 Å². The highest BCUT2D eigenvalue weighted by Gasteiger charge is 2.31. The first-order valence-corrected chi connectivity index (χ1v) is 9.76. The minimum atomic E-state index is -0.643. The molecule has 2 amide bonds. The van der Waals surface area contributed by atoms with E-state index in [1.165, 1.54) is 25.7 Å². The number of nitrogens with zero attached hydrogens (tertiary/aromatic N) is 1. The van der Waals surface area contributed by atoms with Crippen LogP contribution < -0.4 is 0 Å². The van der Waals surface area contributed by atoms with Gasteiger partial charge in [0.05, 0.1) is 0 Å². The van der Waals surface area contributed by atoms with Gasteiger partial charge in [-0.1, -0.05) is 52.4 Å². The van der Waals surface area contributed by atoms with Crippen LogP contribution in [0, 0.1) is 0 Å². The third kappa shape index (κ3) is 11.8. The van der Waals surface area contributed by atoms with Gasteiger partial charge >= 0.3 is 12.2 Å². The number of carbonyl (C=O) groups excluding carboxylic acids is 2. The van der Waals surface area contributed by atoms with Crippen LogP contribution in [0.25, 0.3) is 0 Å². The summed E-state index contributed by atoms with van der Waals surface area (Å²) in [6.07, 6.45) is 7.26.